The van der Waals surface area contributed by atoms with Crippen molar-refractivity contribution in [1.29, 1.82) is 0 Å². The molecule has 1 atom stereocenters. The Hall–Kier alpha value is -2.25. The van der Waals surface area contributed by atoms with Crippen LogP contribution in [0.5, 0.6) is 0 Å². The molecule has 0 bridgehead atoms. The Balaban J connectivity index is 1.38. The van der Waals surface area contributed by atoms with Crippen LogP contribution in [0.15, 0.2) is 35.1 Å². The molecule has 144 valence electrons. The molecule has 4 heterocycles. The van der Waals surface area contributed by atoms with E-state index in [4.69, 9.17) is 4.52 Å². The lowest BCUT2D eigenvalue weighted by Gasteiger charge is -2.31. The van der Waals surface area contributed by atoms with Gasteiger partial charge in [0.2, 0.25) is 5.76 Å². The number of aromatic nitrogens is 2. The van der Waals surface area contributed by atoms with E-state index >= 15 is 0 Å². The van der Waals surface area contributed by atoms with Crippen molar-refractivity contribution >= 4 is 5.91 Å². The number of hydrogen-bond acceptors (Lipinski definition) is 6. The first-order valence-corrected chi connectivity index (χ1v) is 9.74. The first-order valence-electron chi connectivity index (χ1n) is 9.74. The number of aliphatic hydroxyl groups is 1. The summed E-state index contributed by atoms with van der Waals surface area (Å²) in [6.07, 6.45) is 6.81. The molecule has 2 aliphatic heterocycles. The smallest absolute Gasteiger partial charge is 0.292 e. The normalized spacial score (nSPS) is 22.1. The third-order valence-electron chi connectivity index (χ3n) is 5.54. The van der Waals surface area contributed by atoms with Gasteiger partial charge in [0.15, 0.2) is 0 Å². The first-order chi connectivity index (χ1) is 13.2. The molecule has 1 amide bonds. The molecule has 0 radical (unpaired) electrons. The Labute approximate surface area is 159 Å². The number of piperidine rings is 2. The highest BCUT2D eigenvalue weighted by atomic mass is 16.5. The van der Waals surface area contributed by atoms with Crippen LogP contribution in [0.2, 0.25) is 0 Å². The van der Waals surface area contributed by atoms with Gasteiger partial charge < -0.3 is 14.5 Å². The summed E-state index contributed by atoms with van der Waals surface area (Å²) in [4.78, 5) is 20.9. The van der Waals surface area contributed by atoms with Gasteiger partial charge in [0.25, 0.3) is 5.91 Å². The zero-order valence-electron chi connectivity index (χ0n) is 15.5. The fourth-order valence-electron chi connectivity index (χ4n) is 4.00. The van der Waals surface area contributed by atoms with Gasteiger partial charge in [-0.3, -0.25) is 14.7 Å². The molecule has 0 aromatic carbocycles. The fourth-order valence-corrected chi connectivity index (χ4v) is 4.00. The van der Waals surface area contributed by atoms with E-state index in [0.717, 1.165) is 38.2 Å². The van der Waals surface area contributed by atoms with Gasteiger partial charge >= 0.3 is 0 Å². The zero-order chi connectivity index (χ0) is 18.6. The van der Waals surface area contributed by atoms with E-state index in [1.165, 1.54) is 5.56 Å². The van der Waals surface area contributed by atoms with Crippen LogP contribution < -0.4 is 0 Å². The Morgan fingerprint density at radius 2 is 2.11 bits per heavy atom. The van der Waals surface area contributed by atoms with Crippen LogP contribution in [-0.4, -0.2) is 63.2 Å². The molecule has 27 heavy (non-hydrogen) atoms. The number of carbonyl (C=O) groups is 1. The van der Waals surface area contributed by atoms with Crippen molar-refractivity contribution in [3.05, 3.63) is 47.6 Å². The molecule has 1 N–H and O–H groups in total. The first kappa shape index (κ1) is 18.1. The predicted octanol–water partition coefficient (Wildman–Crippen LogP) is 2.05. The van der Waals surface area contributed by atoms with E-state index in [1.54, 1.807) is 11.1 Å². The molecular formula is C20H26N4O3. The van der Waals surface area contributed by atoms with Crippen LogP contribution in [0.3, 0.4) is 0 Å². The summed E-state index contributed by atoms with van der Waals surface area (Å²) >= 11 is 0. The van der Waals surface area contributed by atoms with Crippen molar-refractivity contribution in [2.75, 3.05) is 26.2 Å². The summed E-state index contributed by atoms with van der Waals surface area (Å²) in [6.45, 7) is 3.98. The van der Waals surface area contributed by atoms with Crippen molar-refractivity contribution in [2.24, 2.45) is 0 Å². The maximum Gasteiger partial charge on any atom is 0.292 e. The van der Waals surface area contributed by atoms with E-state index in [0.29, 0.717) is 31.7 Å². The Bertz CT molecular complexity index is 756. The van der Waals surface area contributed by atoms with Gasteiger partial charge in [0, 0.05) is 50.6 Å². The molecule has 7 heteroatoms. The van der Waals surface area contributed by atoms with E-state index in [9.17, 15) is 9.90 Å². The molecule has 0 saturated carbocycles. The van der Waals surface area contributed by atoms with Gasteiger partial charge in [0.05, 0.1) is 11.8 Å². The average molecular weight is 370 g/mol. The highest BCUT2D eigenvalue weighted by molar-refractivity contribution is 5.91. The van der Waals surface area contributed by atoms with Crippen molar-refractivity contribution < 1.29 is 14.4 Å². The minimum absolute atomic E-state index is 0.122. The van der Waals surface area contributed by atoms with Crippen LogP contribution in [0, 0.1) is 0 Å². The Kier molecular flexibility index (Phi) is 5.50. The van der Waals surface area contributed by atoms with Gasteiger partial charge in [-0.15, -0.1) is 0 Å². The summed E-state index contributed by atoms with van der Waals surface area (Å²) in [7, 11) is 0. The summed E-state index contributed by atoms with van der Waals surface area (Å²) in [6, 6.07) is 5.87. The highest BCUT2D eigenvalue weighted by Gasteiger charge is 2.28. The second-order valence-electron chi connectivity index (χ2n) is 7.57. The summed E-state index contributed by atoms with van der Waals surface area (Å²) in [5.74, 6) is 0.471. The number of carbonyl (C=O) groups excluding carboxylic acids is 1. The van der Waals surface area contributed by atoms with Crippen molar-refractivity contribution in [1.82, 2.24) is 19.9 Å². The zero-order valence-corrected chi connectivity index (χ0v) is 15.5. The lowest BCUT2D eigenvalue weighted by atomic mass is 9.94. The largest absolute Gasteiger partial charge is 0.393 e. The molecule has 7 nitrogen and oxygen atoms in total. The summed E-state index contributed by atoms with van der Waals surface area (Å²) < 4.78 is 5.38. The van der Waals surface area contributed by atoms with Gasteiger partial charge in [-0.05, 0) is 43.9 Å². The fraction of sp³-hybridized carbons (Fsp3) is 0.550. The van der Waals surface area contributed by atoms with E-state index in [-0.39, 0.29) is 17.9 Å². The van der Waals surface area contributed by atoms with Crippen LogP contribution >= 0.6 is 0 Å². The minimum Gasteiger partial charge on any atom is -0.393 e. The third-order valence-corrected chi connectivity index (χ3v) is 5.54. The predicted molar refractivity (Wildman–Crippen MR) is 99.1 cm³/mol. The van der Waals surface area contributed by atoms with Crippen LogP contribution in [0.1, 0.15) is 53.4 Å². The van der Waals surface area contributed by atoms with Crippen LogP contribution in [0.25, 0.3) is 0 Å². The van der Waals surface area contributed by atoms with Gasteiger partial charge in [0.1, 0.15) is 0 Å². The molecule has 2 saturated heterocycles. The molecule has 2 fully saturated rings. The lowest BCUT2D eigenvalue weighted by Crippen LogP contribution is -2.39. The maximum absolute atomic E-state index is 12.6. The highest BCUT2D eigenvalue weighted by Crippen LogP contribution is 2.28. The number of pyridine rings is 1. The number of amides is 1. The monoisotopic (exact) mass is 370 g/mol. The van der Waals surface area contributed by atoms with Crippen LogP contribution in [-0.2, 0) is 6.54 Å². The molecule has 2 aliphatic rings. The van der Waals surface area contributed by atoms with Crippen molar-refractivity contribution in [3.8, 4) is 0 Å². The van der Waals surface area contributed by atoms with E-state index in [1.807, 2.05) is 18.3 Å². The van der Waals surface area contributed by atoms with Gasteiger partial charge in [-0.1, -0.05) is 11.2 Å². The number of hydrogen-bond donors (Lipinski definition) is 1. The Morgan fingerprint density at radius 3 is 2.89 bits per heavy atom. The molecule has 2 aromatic heterocycles. The molecule has 0 spiro atoms. The standard InChI is InChI=1S/C20H26N4O3/c25-17-5-9-24(10-6-17)20(26)19-11-18(22-27-19)16-4-2-8-23(14-16)13-15-3-1-7-21-12-15/h1,3,7,11-12,16-17,25H,2,4-6,8-10,13-14H2/t16-/m0/s1. The topological polar surface area (TPSA) is 82.7 Å². The molecule has 4 rings (SSSR count). The van der Waals surface area contributed by atoms with Crippen molar-refractivity contribution in [2.45, 2.75) is 44.2 Å². The SMILES string of the molecule is O=C(c1cc([C@H]2CCCN(Cc3cccnc3)C2)no1)N1CCC(O)CC1. The van der Waals surface area contributed by atoms with Crippen LogP contribution in [0.4, 0.5) is 0 Å². The lowest BCUT2D eigenvalue weighted by molar-refractivity contribution is 0.0512. The molecule has 0 unspecified atom stereocenters. The second kappa shape index (κ2) is 8.19. The van der Waals surface area contributed by atoms with E-state index in [2.05, 4.69) is 21.1 Å². The van der Waals surface area contributed by atoms with E-state index < -0.39 is 0 Å². The third kappa shape index (κ3) is 4.36. The molecule has 2 aromatic rings. The summed E-state index contributed by atoms with van der Waals surface area (Å²) in [5, 5.41) is 13.8. The number of nitrogens with zero attached hydrogens (tertiary/aromatic N) is 4. The van der Waals surface area contributed by atoms with Gasteiger partial charge in [-0.25, -0.2) is 0 Å². The quantitative estimate of drug-likeness (QED) is 0.887. The molecule has 0 aliphatic carbocycles. The number of likely N-dealkylation sites (tertiary alicyclic amines) is 2. The maximum atomic E-state index is 12.6. The number of rotatable bonds is 4. The van der Waals surface area contributed by atoms with Gasteiger partial charge in [-0.2, -0.15) is 0 Å². The number of aliphatic hydroxyl groups excluding tert-OH is 1. The second-order valence-corrected chi connectivity index (χ2v) is 7.57. The summed E-state index contributed by atoms with van der Waals surface area (Å²) in [5.41, 5.74) is 2.08. The van der Waals surface area contributed by atoms with Crippen molar-refractivity contribution in [3.63, 3.8) is 0 Å². The molecular weight excluding hydrogens is 344 g/mol. The Morgan fingerprint density at radius 1 is 1.26 bits per heavy atom. The minimum atomic E-state index is -0.299. The average Bonchev–Trinajstić information content (AvgIpc) is 3.19.